The van der Waals surface area contributed by atoms with Gasteiger partial charge in [-0.3, -0.25) is 4.98 Å². The summed E-state index contributed by atoms with van der Waals surface area (Å²) in [5.41, 5.74) is 0.594. The van der Waals surface area contributed by atoms with Crippen LogP contribution < -0.4 is 5.32 Å². The summed E-state index contributed by atoms with van der Waals surface area (Å²) < 4.78 is 27.2. The van der Waals surface area contributed by atoms with Gasteiger partial charge in [0.05, 0.1) is 5.69 Å². The second-order valence-electron chi connectivity index (χ2n) is 5.38. The molecule has 1 fully saturated rings. The summed E-state index contributed by atoms with van der Waals surface area (Å²) in [7, 11) is -1.77. The predicted octanol–water partition coefficient (Wildman–Crippen LogP) is 2.03. The van der Waals surface area contributed by atoms with Crippen molar-refractivity contribution < 1.29 is 8.42 Å². The fraction of sp³-hybridized carbons (Fsp3) is 0.615. The van der Waals surface area contributed by atoms with Crippen molar-refractivity contribution in [2.24, 2.45) is 0 Å². The molecule has 1 N–H and O–H groups in total. The standard InChI is InChI=1S/C13H21N3O2S2/c1-13(2)5-7-16(8-9-19-13)20(17,18)12-10-15-6-4-11(12)14-3/h4,6,10H,5,7-9H2,1-3H3,(H,14,15). The van der Waals surface area contributed by atoms with Crippen molar-refractivity contribution in [1.82, 2.24) is 9.29 Å². The van der Waals surface area contributed by atoms with Crippen molar-refractivity contribution in [2.45, 2.75) is 29.9 Å². The monoisotopic (exact) mass is 315 g/mol. The molecule has 0 bridgehead atoms. The van der Waals surface area contributed by atoms with Gasteiger partial charge >= 0.3 is 0 Å². The van der Waals surface area contributed by atoms with E-state index in [9.17, 15) is 8.42 Å². The van der Waals surface area contributed by atoms with E-state index in [0.717, 1.165) is 12.2 Å². The summed E-state index contributed by atoms with van der Waals surface area (Å²) in [6.07, 6.45) is 3.86. The molecule has 112 valence electrons. The normalized spacial score (nSPS) is 20.4. The molecule has 1 aromatic heterocycles. The van der Waals surface area contributed by atoms with Crippen LogP contribution in [0.15, 0.2) is 23.4 Å². The minimum absolute atomic E-state index is 0.130. The molecule has 0 aliphatic carbocycles. The number of rotatable bonds is 3. The first-order chi connectivity index (χ1) is 9.37. The molecular weight excluding hydrogens is 294 g/mol. The molecule has 0 aromatic carbocycles. The van der Waals surface area contributed by atoms with Crippen molar-refractivity contribution in [3.63, 3.8) is 0 Å². The Morgan fingerprint density at radius 2 is 2.15 bits per heavy atom. The molecule has 1 aliphatic heterocycles. The highest BCUT2D eigenvalue weighted by atomic mass is 32.2. The summed E-state index contributed by atoms with van der Waals surface area (Å²) in [5.74, 6) is 0.821. The van der Waals surface area contributed by atoms with Gasteiger partial charge in [-0.1, -0.05) is 13.8 Å². The number of nitrogens with one attached hydrogen (secondary N) is 1. The Morgan fingerprint density at radius 3 is 2.85 bits per heavy atom. The molecule has 0 saturated carbocycles. The Kier molecular flexibility index (Phi) is 4.61. The topological polar surface area (TPSA) is 62.3 Å². The molecule has 0 spiro atoms. The molecule has 0 unspecified atom stereocenters. The number of pyridine rings is 1. The summed E-state index contributed by atoms with van der Waals surface area (Å²) in [5, 5.41) is 2.92. The molecule has 1 saturated heterocycles. The van der Waals surface area contributed by atoms with Crippen LogP contribution in [0.3, 0.4) is 0 Å². The number of anilines is 1. The van der Waals surface area contributed by atoms with E-state index in [0.29, 0.717) is 18.8 Å². The summed E-state index contributed by atoms with van der Waals surface area (Å²) >= 11 is 1.83. The van der Waals surface area contributed by atoms with Gasteiger partial charge in [0.1, 0.15) is 4.90 Å². The Labute approximate surface area is 125 Å². The number of thioether (sulfide) groups is 1. The smallest absolute Gasteiger partial charge is 0.246 e. The van der Waals surface area contributed by atoms with E-state index in [1.165, 1.54) is 6.20 Å². The zero-order chi connectivity index (χ0) is 14.8. The van der Waals surface area contributed by atoms with E-state index < -0.39 is 10.0 Å². The van der Waals surface area contributed by atoms with Crippen LogP contribution in [-0.4, -0.2) is 48.3 Å². The largest absolute Gasteiger partial charge is 0.387 e. The third-order valence-corrected chi connectivity index (χ3v) is 6.77. The van der Waals surface area contributed by atoms with Crippen LogP contribution in [-0.2, 0) is 10.0 Å². The maximum absolute atomic E-state index is 12.8. The van der Waals surface area contributed by atoms with Crippen molar-refractivity contribution >= 4 is 27.5 Å². The molecule has 5 nitrogen and oxygen atoms in total. The van der Waals surface area contributed by atoms with Crippen LogP contribution in [0.25, 0.3) is 0 Å². The van der Waals surface area contributed by atoms with Crippen LogP contribution >= 0.6 is 11.8 Å². The van der Waals surface area contributed by atoms with Gasteiger partial charge in [-0.15, -0.1) is 0 Å². The van der Waals surface area contributed by atoms with Crippen molar-refractivity contribution in [1.29, 1.82) is 0 Å². The van der Waals surface area contributed by atoms with Gasteiger partial charge in [0.2, 0.25) is 10.0 Å². The van der Waals surface area contributed by atoms with E-state index in [2.05, 4.69) is 24.1 Å². The van der Waals surface area contributed by atoms with E-state index in [-0.39, 0.29) is 9.64 Å². The van der Waals surface area contributed by atoms with Crippen molar-refractivity contribution in [3.8, 4) is 0 Å². The number of nitrogens with zero attached hydrogens (tertiary/aromatic N) is 2. The lowest BCUT2D eigenvalue weighted by Crippen LogP contribution is -2.34. The van der Waals surface area contributed by atoms with Gasteiger partial charge < -0.3 is 5.32 Å². The molecule has 1 aliphatic rings. The first-order valence-electron chi connectivity index (χ1n) is 6.63. The lowest BCUT2D eigenvalue weighted by Gasteiger charge is -2.23. The lowest BCUT2D eigenvalue weighted by atomic mass is 10.1. The highest BCUT2D eigenvalue weighted by Gasteiger charge is 2.32. The summed E-state index contributed by atoms with van der Waals surface area (Å²) in [4.78, 5) is 4.21. The Balaban J connectivity index is 2.30. The van der Waals surface area contributed by atoms with Gasteiger partial charge in [0, 0.05) is 43.0 Å². The van der Waals surface area contributed by atoms with Gasteiger partial charge in [-0.05, 0) is 12.5 Å². The zero-order valence-electron chi connectivity index (χ0n) is 12.1. The number of aromatic nitrogens is 1. The van der Waals surface area contributed by atoms with Crippen LogP contribution in [0.4, 0.5) is 5.69 Å². The molecule has 2 heterocycles. The first-order valence-corrected chi connectivity index (χ1v) is 9.05. The molecular formula is C13H21N3O2S2. The first kappa shape index (κ1) is 15.6. The van der Waals surface area contributed by atoms with Crippen molar-refractivity contribution in [3.05, 3.63) is 18.5 Å². The molecule has 7 heteroatoms. The highest BCUT2D eigenvalue weighted by molar-refractivity contribution is 8.00. The quantitative estimate of drug-likeness (QED) is 0.925. The Hall–Kier alpha value is -0.790. The van der Waals surface area contributed by atoms with E-state index >= 15 is 0 Å². The summed E-state index contributed by atoms with van der Waals surface area (Å²) in [6.45, 7) is 5.43. The molecule has 2 rings (SSSR count). The zero-order valence-corrected chi connectivity index (χ0v) is 13.7. The van der Waals surface area contributed by atoms with E-state index in [4.69, 9.17) is 0 Å². The maximum atomic E-state index is 12.8. The molecule has 0 amide bonds. The van der Waals surface area contributed by atoms with Gasteiger partial charge in [-0.2, -0.15) is 16.1 Å². The Bertz CT molecular complexity index is 573. The fourth-order valence-electron chi connectivity index (χ4n) is 2.17. The molecule has 0 radical (unpaired) electrons. The third-order valence-electron chi connectivity index (χ3n) is 3.47. The number of sulfonamides is 1. The van der Waals surface area contributed by atoms with E-state index in [1.54, 1.807) is 23.6 Å². The average Bonchev–Trinajstić information content (AvgIpc) is 2.60. The second-order valence-corrected chi connectivity index (χ2v) is 9.09. The minimum atomic E-state index is -3.48. The molecule has 1 aromatic rings. The van der Waals surface area contributed by atoms with Crippen LogP contribution in [0.5, 0.6) is 0 Å². The van der Waals surface area contributed by atoms with Crippen LogP contribution in [0.2, 0.25) is 0 Å². The number of hydrogen-bond acceptors (Lipinski definition) is 5. The number of hydrogen-bond donors (Lipinski definition) is 1. The second kappa shape index (κ2) is 5.91. The Morgan fingerprint density at radius 1 is 1.40 bits per heavy atom. The molecule has 0 atom stereocenters. The molecule has 20 heavy (non-hydrogen) atoms. The highest BCUT2D eigenvalue weighted by Crippen LogP contribution is 2.33. The maximum Gasteiger partial charge on any atom is 0.246 e. The predicted molar refractivity (Wildman–Crippen MR) is 83.7 cm³/mol. The summed E-state index contributed by atoms with van der Waals surface area (Å²) in [6, 6.07) is 1.68. The third kappa shape index (κ3) is 3.27. The van der Waals surface area contributed by atoms with Crippen LogP contribution in [0.1, 0.15) is 20.3 Å². The SMILES string of the molecule is CNc1ccncc1S(=O)(=O)N1CCSC(C)(C)CC1. The van der Waals surface area contributed by atoms with Crippen molar-refractivity contribution in [2.75, 3.05) is 31.2 Å². The fourth-order valence-corrected chi connectivity index (χ4v) is 4.97. The average molecular weight is 315 g/mol. The van der Waals surface area contributed by atoms with E-state index in [1.807, 2.05) is 11.8 Å². The minimum Gasteiger partial charge on any atom is -0.387 e. The van der Waals surface area contributed by atoms with Gasteiger partial charge in [0.15, 0.2) is 0 Å². The van der Waals surface area contributed by atoms with Gasteiger partial charge in [0.25, 0.3) is 0 Å². The van der Waals surface area contributed by atoms with Crippen LogP contribution in [0, 0.1) is 0 Å². The lowest BCUT2D eigenvalue weighted by molar-refractivity contribution is 0.415. The van der Waals surface area contributed by atoms with Gasteiger partial charge in [-0.25, -0.2) is 8.42 Å².